The number of likely N-dealkylation sites (tertiary alicyclic amines) is 2. The van der Waals surface area contributed by atoms with E-state index < -0.39 is 0 Å². The van der Waals surface area contributed by atoms with Gasteiger partial charge in [-0.1, -0.05) is 0 Å². The van der Waals surface area contributed by atoms with Gasteiger partial charge in [0.15, 0.2) is 0 Å². The molecule has 0 spiro atoms. The fraction of sp³-hybridized carbons (Fsp3) is 0.778. The predicted octanol–water partition coefficient (Wildman–Crippen LogP) is 1.15. The monoisotopic (exact) mass is 348 g/mol. The highest BCUT2D eigenvalue weighted by molar-refractivity contribution is 5.74. The van der Waals surface area contributed by atoms with Crippen LogP contribution in [0.4, 0.5) is 4.79 Å². The second-order valence-electron chi connectivity index (χ2n) is 7.83. The van der Waals surface area contributed by atoms with Crippen LogP contribution in [0.5, 0.6) is 0 Å². The van der Waals surface area contributed by atoms with Crippen molar-refractivity contribution in [3.63, 3.8) is 0 Å². The van der Waals surface area contributed by atoms with Gasteiger partial charge in [0, 0.05) is 44.5 Å². The largest absolute Gasteiger partial charge is 0.336 e. The number of amides is 2. The molecule has 1 aromatic rings. The third-order valence-electron chi connectivity index (χ3n) is 5.71. The quantitative estimate of drug-likeness (QED) is 0.887. The third kappa shape index (κ3) is 4.15. The molecule has 7 heteroatoms. The molecular weight excluding hydrogens is 316 g/mol. The molecule has 2 fully saturated rings. The number of urea groups is 1. The summed E-state index contributed by atoms with van der Waals surface area (Å²) in [7, 11) is 8.18. The first-order valence-electron chi connectivity index (χ1n) is 9.33. The Hall–Kier alpha value is -1.60. The summed E-state index contributed by atoms with van der Waals surface area (Å²) in [6.45, 7) is 3.69. The number of hydrogen-bond donors (Lipinski definition) is 1. The highest BCUT2D eigenvalue weighted by atomic mass is 16.2. The molecule has 2 aliphatic heterocycles. The molecule has 0 bridgehead atoms. The highest BCUT2D eigenvalue weighted by Crippen LogP contribution is 2.30. The molecule has 1 aromatic heterocycles. The highest BCUT2D eigenvalue weighted by Gasteiger charge is 2.37. The van der Waals surface area contributed by atoms with Crippen LogP contribution >= 0.6 is 0 Å². The van der Waals surface area contributed by atoms with E-state index in [2.05, 4.69) is 32.2 Å². The first kappa shape index (κ1) is 18.2. The summed E-state index contributed by atoms with van der Waals surface area (Å²) in [6.07, 6.45) is 7.35. The average Bonchev–Trinajstić information content (AvgIpc) is 2.99. The maximum atomic E-state index is 12.9. The van der Waals surface area contributed by atoms with Gasteiger partial charge in [-0.05, 0) is 52.9 Å². The molecule has 7 nitrogen and oxygen atoms in total. The van der Waals surface area contributed by atoms with Crippen molar-refractivity contribution >= 4 is 6.03 Å². The summed E-state index contributed by atoms with van der Waals surface area (Å²) in [5.41, 5.74) is 1.13. The van der Waals surface area contributed by atoms with E-state index >= 15 is 0 Å². The number of likely N-dealkylation sites (N-methyl/N-ethyl adjacent to an activating group) is 1. The van der Waals surface area contributed by atoms with Crippen LogP contribution in [-0.4, -0.2) is 83.9 Å². The summed E-state index contributed by atoms with van der Waals surface area (Å²) in [4.78, 5) is 19.5. The van der Waals surface area contributed by atoms with Gasteiger partial charge < -0.3 is 20.0 Å². The summed E-state index contributed by atoms with van der Waals surface area (Å²) in [6, 6.07) is 0.631. The number of aromatic nitrogens is 2. The zero-order valence-corrected chi connectivity index (χ0v) is 16.0. The van der Waals surface area contributed by atoms with E-state index in [0.717, 1.165) is 38.0 Å². The van der Waals surface area contributed by atoms with E-state index in [9.17, 15) is 4.79 Å². The predicted molar refractivity (Wildman–Crippen MR) is 98.4 cm³/mol. The number of carbonyl (C=O) groups excluding carboxylic acids is 1. The van der Waals surface area contributed by atoms with Crippen LogP contribution < -0.4 is 5.32 Å². The molecule has 25 heavy (non-hydrogen) atoms. The van der Waals surface area contributed by atoms with Crippen molar-refractivity contribution in [3.8, 4) is 0 Å². The number of rotatable bonds is 4. The SMILES string of the molecule is CN1CC[C@@H]2[C@H](CCCN2C(=O)NC[C@H](c2cnn(C)c2)N(C)C)C1. The molecule has 0 aromatic carbocycles. The van der Waals surface area contributed by atoms with Crippen molar-refractivity contribution in [2.24, 2.45) is 13.0 Å². The van der Waals surface area contributed by atoms with Crippen molar-refractivity contribution in [3.05, 3.63) is 18.0 Å². The molecule has 2 aliphatic rings. The molecule has 140 valence electrons. The van der Waals surface area contributed by atoms with Crippen molar-refractivity contribution in [2.75, 3.05) is 47.3 Å². The molecule has 0 aliphatic carbocycles. The molecule has 2 amide bonds. The summed E-state index contributed by atoms with van der Waals surface area (Å²) in [5.74, 6) is 0.626. The Bertz CT molecular complexity index is 586. The normalized spacial score (nSPS) is 25.7. The molecule has 0 radical (unpaired) electrons. The van der Waals surface area contributed by atoms with Gasteiger partial charge >= 0.3 is 6.03 Å². The Kier molecular flexibility index (Phi) is 5.64. The number of aryl methyl sites for hydroxylation is 1. The van der Waals surface area contributed by atoms with Crippen molar-refractivity contribution in [1.29, 1.82) is 0 Å². The molecule has 3 rings (SSSR count). The minimum Gasteiger partial charge on any atom is -0.336 e. The number of piperidine rings is 2. The molecule has 3 atom stereocenters. The van der Waals surface area contributed by atoms with Crippen LogP contribution in [-0.2, 0) is 7.05 Å². The summed E-state index contributed by atoms with van der Waals surface area (Å²) in [5, 5.41) is 7.44. The fourth-order valence-corrected chi connectivity index (χ4v) is 4.33. The Morgan fingerprint density at radius 1 is 1.36 bits per heavy atom. The van der Waals surface area contributed by atoms with Crippen LogP contribution in [0, 0.1) is 5.92 Å². The number of nitrogens with one attached hydrogen (secondary N) is 1. The maximum Gasteiger partial charge on any atom is 0.317 e. The lowest BCUT2D eigenvalue weighted by molar-refractivity contribution is 0.0528. The Balaban J connectivity index is 1.61. The lowest BCUT2D eigenvalue weighted by Crippen LogP contribution is -2.57. The van der Waals surface area contributed by atoms with Crippen molar-refractivity contribution < 1.29 is 4.79 Å². The molecule has 2 saturated heterocycles. The van der Waals surface area contributed by atoms with Gasteiger partial charge in [0.05, 0.1) is 12.2 Å². The van der Waals surface area contributed by atoms with E-state index in [1.807, 2.05) is 33.5 Å². The van der Waals surface area contributed by atoms with Gasteiger partial charge in [-0.25, -0.2) is 4.79 Å². The van der Waals surface area contributed by atoms with Gasteiger partial charge in [0.25, 0.3) is 0 Å². The standard InChI is InChI=1S/C18H32N6O/c1-21(2)17(15-10-20-23(4)13-15)11-19-18(25)24-8-5-6-14-12-22(3)9-7-16(14)24/h10,13-14,16-17H,5-9,11-12H2,1-4H3,(H,19,25)/t14-,16-,17-/m1/s1. The topological polar surface area (TPSA) is 56.6 Å². The van der Waals surface area contributed by atoms with Gasteiger partial charge in [0.1, 0.15) is 0 Å². The zero-order valence-electron chi connectivity index (χ0n) is 16.0. The van der Waals surface area contributed by atoms with Gasteiger partial charge in [0.2, 0.25) is 0 Å². The Morgan fingerprint density at radius 2 is 2.16 bits per heavy atom. The molecular formula is C18H32N6O. The second-order valence-corrected chi connectivity index (χ2v) is 7.83. The smallest absolute Gasteiger partial charge is 0.317 e. The minimum atomic E-state index is 0.0926. The van der Waals surface area contributed by atoms with Crippen molar-refractivity contribution in [2.45, 2.75) is 31.3 Å². The number of nitrogens with zero attached hydrogens (tertiary/aromatic N) is 5. The Morgan fingerprint density at radius 3 is 2.84 bits per heavy atom. The molecule has 0 saturated carbocycles. The van der Waals surface area contributed by atoms with Gasteiger partial charge in [-0.15, -0.1) is 0 Å². The van der Waals surface area contributed by atoms with E-state index in [-0.39, 0.29) is 12.1 Å². The second kappa shape index (κ2) is 7.74. The zero-order chi connectivity index (χ0) is 18.0. The fourth-order valence-electron chi connectivity index (χ4n) is 4.33. The number of hydrogen-bond acceptors (Lipinski definition) is 4. The van der Waals surface area contributed by atoms with Gasteiger partial charge in [-0.3, -0.25) is 4.68 Å². The van der Waals surface area contributed by atoms with Crippen LogP contribution in [0.3, 0.4) is 0 Å². The summed E-state index contributed by atoms with van der Waals surface area (Å²) >= 11 is 0. The van der Waals surface area contributed by atoms with E-state index in [1.54, 1.807) is 4.68 Å². The molecule has 1 N–H and O–H groups in total. The number of fused-ring (bicyclic) bond motifs is 1. The molecule has 3 heterocycles. The van der Waals surface area contributed by atoms with E-state index in [4.69, 9.17) is 0 Å². The first-order chi connectivity index (χ1) is 12.0. The maximum absolute atomic E-state index is 12.9. The first-order valence-corrected chi connectivity index (χ1v) is 9.33. The van der Waals surface area contributed by atoms with Crippen LogP contribution in [0.25, 0.3) is 0 Å². The van der Waals surface area contributed by atoms with E-state index in [1.165, 1.54) is 6.42 Å². The summed E-state index contributed by atoms with van der Waals surface area (Å²) < 4.78 is 1.81. The van der Waals surface area contributed by atoms with Gasteiger partial charge in [-0.2, -0.15) is 5.10 Å². The molecule has 0 unspecified atom stereocenters. The van der Waals surface area contributed by atoms with Crippen LogP contribution in [0.2, 0.25) is 0 Å². The van der Waals surface area contributed by atoms with Crippen molar-refractivity contribution in [1.82, 2.24) is 29.8 Å². The lowest BCUT2D eigenvalue weighted by atomic mass is 9.84. The lowest BCUT2D eigenvalue weighted by Gasteiger charge is -2.46. The van der Waals surface area contributed by atoms with Crippen LogP contribution in [0.1, 0.15) is 30.9 Å². The van der Waals surface area contributed by atoms with E-state index in [0.29, 0.717) is 18.5 Å². The number of carbonyl (C=O) groups is 1. The Labute approximate surface area is 150 Å². The third-order valence-corrected chi connectivity index (χ3v) is 5.71. The minimum absolute atomic E-state index is 0.0926. The van der Waals surface area contributed by atoms with Crippen LogP contribution in [0.15, 0.2) is 12.4 Å². The average molecular weight is 348 g/mol.